The van der Waals surface area contributed by atoms with Crippen LogP contribution in [0.5, 0.6) is 0 Å². The Bertz CT molecular complexity index is 573. The van der Waals surface area contributed by atoms with Crippen LogP contribution in [0.3, 0.4) is 0 Å². The molecule has 2 heteroatoms. The minimum Gasteiger partial charge on any atom is -0.258 e. The second-order valence-electron chi connectivity index (χ2n) is 7.92. The minimum absolute atomic E-state index is 0.214. The third-order valence-corrected chi connectivity index (χ3v) is 4.62. The molecule has 0 heterocycles. The molecule has 0 aromatic heterocycles. The van der Waals surface area contributed by atoms with Gasteiger partial charge in [-0.3, -0.25) is 5.43 Å². The van der Waals surface area contributed by atoms with Crippen LogP contribution in [0.1, 0.15) is 56.0 Å². The Labute approximate surface area is 154 Å². The van der Waals surface area contributed by atoms with Crippen molar-refractivity contribution in [3.05, 3.63) is 70.8 Å². The van der Waals surface area contributed by atoms with E-state index in [-0.39, 0.29) is 6.04 Å². The molecule has 25 heavy (non-hydrogen) atoms. The van der Waals surface area contributed by atoms with Gasteiger partial charge in [0, 0.05) is 7.05 Å². The Morgan fingerprint density at radius 1 is 0.720 bits per heavy atom. The van der Waals surface area contributed by atoms with Gasteiger partial charge in [0.15, 0.2) is 0 Å². The van der Waals surface area contributed by atoms with Crippen molar-refractivity contribution in [2.75, 3.05) is 14.1 Å². The maximum Gasteiger partial charge on any atom is 0.0739 e. The molecular formula is C23H34N2. The van der Waals surface area contributed by atoms with Crippen LogP contribution < -0.4 is 5.43 Å². The second kappa shape index (κ2) is 9.17. The average molecular weight is 339 g/mol. The molecule has 0 radical (unpaired) electrons. The summed E-state index contributed by atoms with van der Waals surface area (Å²) in [7, 11) is 4.09. The molecule has 0 atom stereocenters. The molecule has 0 fully saturated rings. The van der Waals surface area contributed by atoms with Gasteiger partial charge in [-0.2, -0.15) is 0 Å². The maximum atomic E-state index is 3.29. The minimum atomic E-state index is 0.214. The van der Waals surface area contributed by atoms with Gasteiger partial charge < -0.3 is 0 Å². The van der Waals surface area contributed by atoms with Crippen LogP contribution >= 0.6 is 0 Å². The summed E-state index contributed by atoms with van der Waals surface area (Å²) in [6.45, 7) is 9.07. The lowest BCUT2D eigenvalue weighted by atomic mass is 9.94. The lowest BCUT2D eigenvalue weighted by molar-refractivity contribution is 0.210. The molecule has 0 aliphatic rings. The Morgan fingerprint density at radius 2 is 1.08 bits per heavy atom. The van der Waals surface area contributed by atoms with Gasteiger partial charge in [0.05, 0.1) is 6.04 Å². The Morgan fingerprint density at radius 3 is 1.36 bits per heavy atom. The Kier molecular flexibility index (Phi) is 7.22. The highest BCUT2D eigenvalue weighted by Crippen LogP contribution is 2.27. The summed E-state index contributed by atoms with van der Waals surface area (Å²) in [5.74, 6) is 1.38. The van der Waals surface area contributed by atoms with Crippen LogP contribution in [0.2, 0.25) is 0 Å². The number of nitrogens with one attached hydrogen (secondary N) is 1. The Hall–Kier alpha value is -1.64. The van der Waals surface area contributed by atoms with Crippen LogP contribution in [-0.2, 0) is 12.8 Å². The van der Waals surface area contributed by atoms with Crippen molar-refractivity contribution in [3.63, 3.8) is 0 Å². The largest absolute Gasteiger partial charge is 0.258 e. The summed E-state index contributed by atoms with van der Waals surface area (Å²) >= 11 is 0. The molecule has 2 aromatic rings. The van der Waals surface area contributed by atoms with Crippen molar-refractivity contribution < 1.29 is 0 Å². The summed E-state index contributed by atoms with van der Waals surface area (Å²) in [5.41, 5.74) is 8.76. The van der Waals surface area contributed by atoms with Gasteiger partial charge >= 0.3 is 0 Å². The number of hydrazine groups is 1. The molecule has 0 saturated carbocycles. The van der Waals surface area contributed by atoms with Crippen molar-refractivity contribution in [2.24, 2.45) is 11.8 Å². The molecule has 0 bridgehead atoms. The van der Waals surface area contributed by atoms with E-state index in [1.54, 1.807) is 0 Å². The van der Waals surface area contributed by atoms with Gasteiger partial charge in [-0.25, -0.2) is 5.01 Å². The fourth-order valence-corrected chi connectivity index (χ4v) is 3.38. The summed E-state index contributed by atoms with van der Waals surface area (Å²) in [6.07, 6.45) is 2.27. The molecule has 0 saturated heterocycles. The lowest BCUT2D eigenvalue weighted by Crippen LogP contribution is -2.35. The van der Waals surface area contributed by atoms with E-state index in [9.17, 15) is 0 Å². The van der Waals surface area contributed by atoms with Crippen molar-refractivity contribution in [3.8, 4) is 0 Å². The predicted octanol–water partition coefficient (Wildman–Crippen LogP) is 5.24. The summed E-state index contributed by atoms with van der Waals surface area (Å²) in [6, 6.07) is 18.4. The van der Waals surface area contributed by atoms with Crippen molar-refractivity contribution >= 4 is 0 Å². The van der Waals surface area contributed by atoms with E-state index in [4.69, 9.17) is 0 Å². The number of hydrogen-bond acceptors (Lipinski definition) is 2. The van der Waals surface area contributed by atoms with Crippen molar-refractivity contribution in [2.45, 2.75) is 46.6 Å². The predicted molar refractivity (Wildman–Crippen MR) is 109 cm³/mol. The van der Waals surface area contributed by atoms with E-state index in [1.165, 1.54) is 22.3 Å². The van der Waals surface area contributed by atoms with Gasteiger partial charge in [0.25, 0.3) is 0 Å². The second-order valence-corrected chi connectivity index (χ2v) is 7.92. The fourth-order valence-electron chi connectivity index (χ4n) is 3.38. The topological polar surface area (TPSA) is 15.3 Å². The lowest BCUT2D eigenvalue weighted by Gasteiger charge is -2.28. The third kappa shape index (κ3) is 5.69. The first-order valence-corrected chi connectivity index (χ1v) is 9.48. The highest BCUT2D eigenvalue weighted by atomic mass is 15.5. The maximum absolute atomic E-state index is 3.29. The molecular weight excluding hydrogens is 304 g/mol. The van der Waals surface area contributed by atoms with Crippen LogP contribution in [0.25, 0.3) is 0 Å². The SMILES string of the molecule is CNN(C)C(c1ccc(CC(C)C)cc1)c1ccc(CC(C)C)cc1. The number of hydrogen-bond donors (Lipinski definition) is 1. The molecule has 2 aromatic carbocycles. The van der Waals surface area contributed by atoms with Gasteiger partial charge in [-0.05, 0) is 54.0 Å². The first kappa shape index (κ1) is 19.7. The van der Waals surface area contributed by atoms with E-state index in [0.717, 1.165) is 12.8 Å². The summed E-state index contributed by atoms with van der Waals surface area (Å²) in [5, 5.41) is 2.18. The zero-order valence-corrected chi connectivity index (χ0v) is 16.7. The monoisotopic (exact) mass is 338 g/mol. The van der Waals surface area contributed by atoms with Crippen molar-refractivity contribution in [1.82, 2.24) is 10.4 Å². The first-order chi connectivity index (χ1) is 11.9. The van der Waals surface area contributed by atoms with E-state index in [1.807, 2.05) is 7.05 Å². The highest BCUT2D eigenvalue weighted by Gasteiger charge is 2.18. The molecule has 2 rings (SSSR count). The van der Waals surface area contributed by atoms with E-state index >= 15 is 0 Å². The summed E-state index contributed by atoms with van der Waals surface area (Å²) in [4.78, 5) is 0. The molecule has 0 aliphatic heterocycles. The molecule has 0 unspecified atom stereocenters. The molecule has 0 aliphatic carbocycles. The van der Waals surface area contributed by atoms with Gasteiger partial charge in [-0.1, -0.05) is 76.2 Å². The van der Waals surface area contributed by atoms with E-state index < -0.39 is 0 Å². The molecule has 0 spiro atoms. The third-order valence-electron chi connectivity index (χ3n) is 4.62. The van der Waals surface area contributed by atoms with E-state index in [2.05, 4.69) is 93.7 Å². The quantitative estimate of drug-likeness (QED) is 0.662. The van der Waals surface area contributed by atoms with Crippen LogP contribution in [0.15, 0.2) is 48.5 Å². The zero-order valence-electron chi connectivity index (χ0n) is 16.7. The van der Waals surface area contributed by atoms with Gasteiger partial charge in [0.2, 0.25) is 0 Å². The summed E-state index contributed by atoms with van der Waals surface area (Å²) < 4.78 is 0. The molecule has 2 nitrogen and oxygen atoms in total. The van der Waals surface area contributed by atoms with Gasteiger partial charge in [0.1, 0.15) is 0 Å². The standard InChI is InChI=1S/C23H34N2/c1-17(2)15-19-7-11-21(12-8-19)23(25(6)24-5)22-13-9-20(10-14-22)16-18(3)4/h7-14,17-18,23-24H,15-16H2,1-6H3. The fraction of sp³-hybridized carbons (Fsp3) is 0.478. The number of benzene rings is 2. The first-order valence-electron chi connectivity index (χ1n) is 9.48. The average Bonchev–Trinajstić information content (AvgIpc) is 2.57. The number of rotatable bonds is 8. The smallest absolute Gasteiger partial charge is 0.0739 e. The Balaban J connectivity index is 2.26. The number of nitrogens with zero attached hydrogens (tertiary/aromatic N) is 1. The van der Waals surface area contributed by atoms with Crippen molar-refractivity contribution in [1.29, 1.82) is 0 Å². The van der Waals surface area contributed by atoms with Crippen LogP contribution in [-0.4, -0.2) is 19.1 Å². The molecule has 136 valence electrons. The van der Waals surface area contributed by atoms with Gasteiger partial charge in [-0.15, -0.1) is 0 Å². The van der Waals surface area contributed by atoms with Crippen LogP contribution in [0, 0.1) is 11.8 Å². The van der Waals surface area contributed by atoms with E-state index in [0.29, 0.717) is 11.8 Å². The molecule has 1 N–H and O–H groups in total. The normalized spacial score (nSPS) is 11.9. The zero-order chi connectivity index (χ0) is 18.4. The van der Waals surface area contributed by atoms with Crippen LogP contribution in [0.4, 0.5) is 0 Å². The molecule has 0 amide bonds. The highest BCUT2D eigenvalue weighted by molar-refractivity contribution is 5.35.